The molecule has 1 saturated carbocycles. The van der Waals surface area contributed by atoms with E-state index in [2.05, 4.69) is 5.32 Å². The van der Waals surface area contributed by atoms with Gasteiger partial charge in [0.05, 0.1) is 26.9 Å². The van der Waals surface area contributed by atoms with Crippen molar-refractivity contribution in [1.82, 2.24) is 4.90 Å². The minimum absolute atomic E-state index is 0.0363. The molecule has 0 saturated heterocycles. The highest BCUT2D eigenvalue weighted by Gasteiger charge is 2.29. The first-order chi connectivity index (χ1) is 16.5. The maximum atomic E-state index is 12.7. The van der Waals surface area contributed by atoms with E-state index < -0.39 is 0 Å². The number of methoxy groups -OCH3 is 3. The fraction of sp³-hybridized carbons (Fsp3) is 0.385. The summed E-state index contributed by atoms with van der Waals surface area (Å²) in [6, 6.07) is 10.8. The monoisotopic (exact) mass is 466 g/mol. The molecule has 1 aliphatic heterocycles. The largest absolute Gasteiger partial charge is 0.496 e. The second-order valence-corrected chi connectivity index (χ2v) is 8.31. The van der Waals surface area contributed by atoms with E-state index >= 15 is 0 Å². The molecular weight excluding hydrogens is 436 g/mol. The van der Waals surface area contributed by atoms with Gasteiger partial charge in [-0.1, -0.05) is 12.1 Å². The number of carbonyl (C=O) groups is 2. The zero-order valence-corrected chi connectivity index (χ0v) is 19.8. The van der Waals surface area contributed by atoms with Crippen molar-refractivity contribution in [3.8, 4) is 23.0 Å². The molecule has 2 aliphatic rings. The van der Waals surface area contributed by atoms with Crippen LogP contribution in [0.2, 0.25) is 0 Å². The predicted octanol–water partition coefficient (Wildman–Crippen LogP) is 3.76. The molecule has 0 radical (unpaired) electrons. The van der Waals surface area contributed by atoms with Crippen LogP contribution in [0, 0.1) is 5.92 Å². The van der Waals surface area contributed by atoms with E-state index in [0.29, 0.717) is 48.2 Å². The van der Waals surface area contributed by atoms with Crippen LogP contribution in [0.25, 0.3) is 5.57 Å². The van der Waals surface area contributed by atoms with Crippen LogP contribution in [0.3, 0.4) is 0 Å². The Labute approximate surface area is 199 Å². The van der Waals surface area contributed by atoms with Crippen LogP contribution < -0.4 is 24.3 Å². The Kier molecular flexibility index (Phi) is 7.25. The minimum atomic E-state index is -0.101. The molecule has 0 bridgehead atoms. The van der Waals surface area contributed by atoms with E-state index in [1.165, 1.54) is 0 Å². The van der Waals surface area contributed by atoms with Gasteiger partial charge in [-0.25, -0.2) is 0 Å². The fourth-order valence-corrected chi connectivity index (χ4v) is 3.93. The standard InChI is InChI=1S/C26H30N2O6/c1-31-21-14-22(32-2)25(23(15-21)33-3)17-9-11-28(12-10-17)24(29)16-34-20-6-4-5-19(13-20)27-26(30)18-7-8-18/h4-6,9,13-15,18H,7-8,10-12,16H2,1-3H3,(H,27,30). The molecule has 0 spiro atoms. The summed E-state index contributed by atoms with van der Waals surface area (Å²) in [4.78, 5) is 26.5. The molecule has 8 nitrogen and oxygen atoms in total. The van der Waals surface area contributed by atoms with Crippen LogP contribution in [0.4, 0.5) is 5.69 Å². The Hall–Kier alpha value is -3.68. The summed E-state index contributed by atoms with van der Waals surface area (Å²) in [5, 5.41) is 2.89. The van der Waals surface area contributed by atoms with Gasteiger partial charge in [-0.2, -0.15) is 0 Å². The van der Waals surface area contributed by atoms with Crippen molar-refractivity contribution in [3.05, 3.63) is 48.0 Å². The van der Waals surface area contributed by atoms with Crippen LogP contribution in [-0.2, 0) is 9.59 Å². The van der Waals surface area contributed by atoms with Gasteiger partial charge in [-0.05, 0) is 37.0 Å². The van der Waals surface area contributed by atoms with Crippen molar-refractivity contribution in [3.63, 3.8) is 0 Å². The zero-order valence-electron chi connectivity index (χ0n) is 19.8. The van der Waals surface area contributed by atoms with Crippen LogP contribution in [-0.4, -0.2) is 57.7 Å². The van der Waals surface area contributed by atoms with Gasteiger partial charge in [0.25, 0.3) is 5.91 Å². The first-order valence-corrected chi connectivity index (χ1v) is 11.3. The minimum Gasteiger partial charge on any atom is -0.496 e. The lowest BCUT2D eigenvalue weighted by atomic mass is 9.97. The van der Waals surface area contributed by atoms with E-state index in [1.54, 1.807) is 44.4 Å². The SMILES string of the molecule is COc1cc(OC)c(C2=CCN(C(=O)COc3cccc(NC(=O)C4CC4)c3)CC2)c(OC)c1. The van der Waals surface area contributed by atoms with Crippen molar-refractivity contribution >= 4 is 23.1 Å². The molecule has 8 heteroatoms. The van der Waals surface area contributed by atoms with Gasteiger partial charge in [-0.15, -0.1) is 0 Å². The molecule has 2 aromatic carbocycles. The number of ether oxygens (including phenoxy) is 4. The molecule has 1 fully saturated rings. The van der Waals surface area contributed by atoms with E-state index in [9.17, 15) is 9.59 Å². The number of hydrogen-bond donors (Lipinski definition) is 1. The highest BCUT2D eigenvalue weighted by Crippen LogP contribution is 2.40. The maximum Gasteiger partial charge on any atom is 0.260 e. The average molecular weight is 467 g/mol. The lowest BCUT2D eigenvalue weighted by Crippen LogP contribution is -2.37. The Morgan fingerprint density at radius 2 is 1.74 bits per heavy atom. The highest BCUT2D eigenvalue weighted by atomic mass is 16.5. The van der Waals surface area contributed by atoms with Crippen molar-refractivity contribution in [1.29, 1.82) is 0 Å². The van der Waals surface area contributed by atoms with Gasteiger partial charge in [0.2, 0.25) is 5.91 Å². The quantitative estimate of drug-likeness (QED) is 0.606. The lowest BCUT2D eigenvalue weighted by molar-refractivity contribution is -0.132. The molecular formula is C26H30N2O6. The van der Waals surface area contributed by atoms with Crippen LogP contribution in [0.15, 0.2) is 42.5 Å². The Balaban J connectivity index is 1.37. The van der Waals surface area contributed by atoms with Crippen molar-refractivity contribution in [2.45, 2.75) is 19.3 Å². The Bertz CT molecular complexity index is 1070. The van der Waals surface area contributed by atoms with Gasteiger partial charge >= 0.3 is 0 Å². The number of hydrogen-bond acceptors (Lipinski definition) is 6. The number of nitrogens with zero attached hydrogens (tertiary/aromatic N) is 1. The van der Waals surface area contributed by atoms with Gasteiger partial charge in [0.15, 0.2) is 6.61 Å². The van der Waals surface area contributed by atoms with E-state index in [-0.39, 0.29) is 24.3 Å². The fourth-order valence-electron chi connectivity index (χ4n) is 3.93. The molecule has 0 aromatic heterocycles. The third-order valence-electron chi connectivity index (χ3n) is 6.01. The van der Waals surface area contributed by atoms with Crippen LogP contribution in [0.5, 0.6) is 23.0 Å². The summed E-state index contributed by atoms with van der Waals surface area (Å²) >= 11 is 0. The third-order valence-corrected chi connectivity index (χ3v) is 6.01. The van der Waals surface area contributed by atoms with Crippen molar-refractivity contribution in [2.24, 2.45) is 5.92 Å². The maximum absolute atomic E-state index is 12.7. The average Bonchev–Trinajstić information content (AvgIpc) is 3.72. The summed E-state index contributed by atoms with van der Waals surface area (Å²) < 4.78 is 22.2. The highest BCUT2D eigenvalue weighted by molar-refractivity contribution is 5.94. The number of nitrogens with one attached hydrogen (secondary N) is 1. The smallest absolute Gasteiger partial charge is 0.260 e. The first kappa shape index (κ1) is 23.5. The molecule has 1 aliphatic carbocycles. The normalized spacial score (nSPS) is 15.3. The molecule has 2 amide bonds. The summed E-state index contributed by atoms with van der Waals surface area (Å²) in [6.07, 6.45) is 4.57. The summed E-state index contributed by atoms with van der Waals surface area (Å²) in [7, 11) is 4.82. The van der Waals surface area contributed by atoms with E-state index in [1.807, 2.05) is 24.3 Å². The van der Waals surface area contributed by atoms with Gasteiger partial charge in [0, 0.05) is 42.9 Å². The van der Waals surface area contributed by atoms with Gasteiger partial charge in [0.1, 0.15) is 23.0 Å². The van der Waals surface area contributed by atoms with Crippen LogP contribution >= 0.6 is 0 Å². The number of anilines is 1. The topological polar surface area (TPSA) is 86.3 Å². The Morgan fingerprint density at radius 3 is 2.32 bits per heavy atom. The molecule has 0 unspecified atom stereocenters. The molecule has 0 atom stereocenters. The number of benzene rings is 2. The van der Waals surface area contributed by atoms with Crippen molar-refractivity contribution in [2.75, 3.05) is 46.3 Å². The van der Waals surface area contributed by atoms with E-state index in [4.69, 9.17) is 18.9 Å². The van der Waals surface area contributed by atoms with Crippen LogP contribution in [0.1, 0.15) is 24.8 Å². The third kappa shape index (κ3) is 5.44. The summed E-state index contributed by atoms with van der Waals surface area (Å²) in [5.74, 6) is 2.59. The van der Waals surface area contributed by atoms with Gasteiger partial charge < -0.3 is 29.2 Å². The number of rotatable bonds is 9. The molecule has 1 N–H and O–H groups in total. The second kappa shape index (κ2) is 10.5. The summed E-state index contributed by atoms with van der Waals surface area (Å²) in [6.45, 7) is 0.954. The van der Waals surface area contributed by atoms with Crippen molar-refractivity contribution < 1.29 is 28.5 Å². The second-order valence-electron chi connectivity index (χ2n) is 8.31. The molecule has 1 heterocycles. The Morgan fingerprint density at radius 1 is 1.00 bits per heavy atom. The van der Waals surface area contributed by atoms with Gasteiger partial charge in [-0.3, -0.25) is 9.59 Å². The first-order valence-electron chi connectivity index (χ1n) is 11.3. The lowest BCUT2D eigenvalue weighted by Gasteiger charge is -2.28. The number of carbonyl (C=O) groups excluding carboxylic acids is 2. The zero-order chi connectivity index (χ0) is 24.1. The van der Waals surface area contributed by atoms with E-state index in [0.717, 1.165) is 24.0 Å². The number of amides is 2. The molecule has 34 heavy (non-hydrogen) atoms. The predicted molar refractivity (Wildman–Crippen MR) is 129 cm³/mol. The molecule has 2 aromatic rings. The molecule has 4 rings (SSSR count). The summed E-state index contributed by atoms with van der Waals surface area (Å²) in [5.41, 5.74) is 2.61. The molecule has 180 valence electrons.